The third-order valence-corrected chi connectivity index (χ3v) is 5.46. The van der Waals surface area contributed by atoms with E-state index in [-0.39, 0.29) is 23.4 Å². The molecule has 0 unspecified atom stereocenters. The summed E-state index contributed by atoms with van der Waals surface area (Å²) in [6, 6.07) is 14.7. The predicted octanol–water partition coefficient (Wildman–Crippen LogP) is 5.46. The smallest absolute Gasteiger partial charge is 0.163 e. The minimum Gasteiger partial charge on any atom is -0.497 e. The number of methoxy groups -OCH3 is 1. The maximum atomic E-state index is 12.8. The number of halogens is 1. The van der Waals surface area contributed by atoms with Crippen LogP contribution in [-0.2, 0) is 4.79 Å². The van der Waals surface area contributed by atoms with Crippen molar-refractivity contribution in [2.45, 2.75) is 38.0 Å². The Hall–Kier alpha value is -2.13. The van der Waals surface area contributed by atoms with Gasteiger partial charge in [-0.2, -0.15) is 0 Å². The van der Waals surface area contributed by atoms with Crippen molar-refractivity contribution in [3.63, 3.8) is 0 Å². The molecule has 2 atom stereocenters. The van der Waals surface area contributed by atoms with Crippen LogP contribution in [0.5, 0.6) is 5.75 Å². The van der Waals surface area contributed by atoms with Gasteiger partial charge in [0.1, 0.15) is 11.5 Å². The van der Waals surface area contributed by atoms with Crippen molar-refractivity contribution in [1.82, 2.24) is 0 Å². The summed E-state index contributed by atoms with van der Waals surface area (Å²) in [6.07, 6.45) is 3.79. The lowest BCUT2D eigenvalue weighted by atomic mass is 9.73. The van der Waals surface area contributed by atoms with Crippen LogP contribution in [0, 0.1) is 5.92 Å². The number of carbonyl (C=O) groups is 2. The van der Waals surface area contributed by atoms with Gasteiger partial charge in [-0.15, -0.1) is 0 Å². The summed E-state index contributed by atoms with van der Waals surface area (Å²) < 4.78 is 5.23. The van der Waals surface area contributed by atoms with E-state index in [0.717, 1.165) is 30.6 Å². The summed E-state index contributed by atoms with van der Waals surface area (Å²) in [5, 5.41) is 0.607. The van der Waals surface area contributed by atoms with Crippen molar-refractivity contribution in [3.05, 3.63) is 64.7 Å². The van der Waals surface area contributed by atoms with Crippen LogP contribution in [0.1, 0.15) is 53.9 Å². The van der Waals surface area contributed by atoms with Crippen LogP contribution < -0.4 is 4.74 Å². The molecule has 1 fully saturated rings. The van der Waals surface area contributed by atoms with Crippen LogP contribution in [0.2, 0.25) is 5.02 Å². The van der Waals surface area contributed by atoms with Gasteiger partial charge in [0.15, 0.2) is 5.78 Å². The minimum absolute atomic E-state index is 0.0425. The first-order valence-electron chi connectivity index (χ1n) is 9.04. The Kier molecular flexibility index (Phi) is 6.10. The van der Waals surface area contributed by atoms with Crippen molar-refractivity contribution >= 4 is 23.2 Å². The van der Waals surface area contributed by atoms with Crippen LogP contribution in [0.15, 0.2) is 48.5 Å². The van der Waals surface area contributed by atoms with E-state index in [2.05, 4.69) is 0 Å². The van der Waals surface area contributed by atoms with Crippen LogP contribution >= 0.6 is 11.6 Å². The quantitative estimate of drug-likeness (QED) is 0.633. The summed E-state index contributed by atoms with van der Waals surface area (Å²) in [5.74, 6) is 0.901. The van der Waals surface area contributed by atoms with Crippen molar-refractivity contribution in [3.8, 4) is 5.75 Å². The largest absolute Gasteiger partial charge is 0.497 e. The standard InChI is InChI=1S/C22H23ClO3/c1-26-18-12-8-15(9-13-18)20(19-4-2-3-5-21(19)24)14-22(25)16-6-10-17(23)11-7-16/h6-13,19-20H,2-5,14H2,1H3/t19-,20-/m0/s1. The molecule has 1 aliphatic rings. The molecule has 3 rings (SSSR count). The SMILES string of the molecule is COc1ccc([C@H](CC(=O)c2ccc(Cl)cc2)[C@@H]2CCCCC2=O)cc1. The summed E-state index contributed by atoms with van der Waals surface area (Å²) in [5.41, 5.74) is 1.66. The molecule has 0 bridgehead atoms. The molecule has 1 aliphatic carbocycles. The van der Waals surface area contributed by atoms with Crippen molar-refractivity contribution < 1.29 is 14.3 Å². The lowest BCUT2D eigenvalue weighted by Crippen LogP contribution is -2.27. The number of carbonyl (C=O) groups excluding carboxylic acids is 2. The fraction of sp³-hybridized carbons (Fsp3) is 0.364. The second kappa shape index (κ2) is 8.50. The van der Waals surface area contributed by atoms with Gasteiger partial charge in [-0.25, -0.2) is 0 Å². The Morgan fingerprint density at radius 3 is 2.42 bits per heavy atom. The Bertz CT molecular complexity index is 765. The molecular formula is C22H23ClO3. The van der Waals surface area contributed by atoms with Gasteiger partial charge >= 0.3 is 0 Å². The van der Waals surface area contributed by atoms with E-state index in [4.69, 9.17) is 16.3 Å². The molecule has 26 heavy (non-hydrogen) atoms. The number of ketones is 2. The molecule has 3 nitrogen and oxygen atoms in total. The average Bonchev–Trinajstić information content (AvgIpc) is 2.67. The van der Waals surface area contributed by atoms with E-state index >= 15 is 0 Å². The summed E-state index contributed by atoms with van der Waals surface area (Å²) in [7, 11) is 1.63. The zero-order chi connectivity index (χ0) is 18.5. The number of ether oxygens (including phenoxy) is 1. The second-order valence-electron chi connectivity index (χ2n) is 6.83. The molecule has 0 aliphatic heterocycles. The Morgan fingerprint density at radius 2 is 1.81 bits per heavy atom. The molecular weight excluding hydrogens is 348 g/mol. The highest BCUT2D eigenvalue weighted by Crippen LogP contribution is 2.37. The van der Waals surface area contributed by atoms with Gasteiger partial charge in [-0.3, -0.25) is 9.59 Å². The first-order valence-corrected chi connectivity index (χ1v) is 9.41. The average molecular weight is 371 g/mol. The molecule has 2 aromatic rings. The Balaban J connectivity index is 1.87. The zero-order valence-electron chi connectivity index (χ0n) is 14.9. The molecule has 2 aromatic carbocycles. The van der Waals surface area contributed by atoms with E-state index in [0.29, 0.717) is 23.4 Å². The molecule has 1 saturated carbocycles. The van der Waals surface area contributed by atoms with Gasteiger partial charge in [0.05, 0.1) is 7.11 Å². The number of Topliss-reactive ketones (excluding diaryl/α,β-unsaturated/α-hetero) is 2. The molecule has 0 saturated heterocycles. The van der Waals surface area contributed by atoms with E-state index in [9.17, 15) is 9.59 Å². The fourth-order valence-electron chi connectivity index (χ4n) is 3.73. The highest BCUT2D eigenvalue weighted by Gasteiger charge is 2.32. The first-order chi connectivity index (χ1) is 12.6. The number of hydrogen-bond acceptors (Lipinski definition) is 3. The number of rotatable bonds is 6. The third-order valence-electron chi connectivity index (χ3n) is 5.20. The molecule has 4 heteroatoms. The summed E-state index contributed by atoms with van der Waals surface area (Å²) >= 11 is 5.92. The van der Waals surface area contributed by atoms with Gasteiger partial charge in [0.2, 0.25) is 0 Å². The zero-order valence-corrected chi connectivity index (χ0v) is 15.7. The Labute approximate surface area is 159 Å². The van der Waals surface area contributed by atoms with Gasteiger partial charge < -0.3 is 4.74 Å². The monoisotopic (exact) mass is 370 g/mol. The van der Waals surface area contributed by atoms with Crippen molar-refractivity contribution in [1.29, 1.82) is 0 Å². The first kappa shape index (κ1) is 18.7. The summed E-state index contributed by atoms with van der Waals surface area (Å²) in [4.78, 5) is 25.4. The van der Waals surface area contributed by atoms with Crippen molar-refractivity contribution in [2.24, 2.45) is 5.92 Å². The van der Waals surface area contributed by atoms with E-state index in [1.54, 1.807) is 31.4 Å². The number of benzene rings is 2. The van der Waals surface area contributed by atoms with Gasteiger partial charge in [-0.05, 0) is 54.8 Å². The van der Waals surface area contributed by atoms with Crippen LogP contribution in [0.3, 0.4) is 0 Å². The maximum Gasteiger partial charge on any atom is 0.163 e. The van der Waals surface area contributed by atoms with Crippen LogP contribution in [-0.4, -0.2) is 18.7 Å². The Morgan fingerprint density at radius 1 is 1.12 bits per heavy atom. The molecule has 0 N–H and O–H groups in total. The molecule has 0 spiro atoms. The maximum absolute atomic E-state index is 12.8. The lowest BCUT2D eigenvalue weighted by Gasteiger charge is -2.29. The minimum atomic E-state index is -0.100. The van der Waals surface area contributed by atoms with Gasteiger partial charge in [-0.1, -0.05) is 30.2 Å². The third kappa shape index (κ3) is 4.34. The molecule has 0 aromatic heterocycles. The number of hydrogen-bond donors (Lipinski definition) is 0. The molecule has 0 amide bonds. The predicted molar refractivity (Wildman–Crippen MR) is 103 cm³/mol. The van der Waals surface area contributed by atoms with Gasteiger partial charge in [0.25, 0.3) is 0 Å². The highest BCUT2D eigenvalue weighted by molar-refractivity contribution is 6.30. The van der Waals surface area contributed by atoms with Crippen molar-refractivity contribution in [2.75, 3.05) is 7.11 Å². The second-order valence-corrected chi connectivity index (χ2v) is 7.27. The van der Waals surface area contributed by atoms with E-state index in [1.165, 1.54) is 0 Å². The topological polar surface area (TPSA) is 43.4 Å². The van der Waals surface area contributed by atoms with Crippen LogP contribution in [0.4, 0.5) is 0 Å². The summed E-state index contributed by atoms with van der Waals surface area (Å²) in [6.45, 7) is 0. The fourth-order valence-corrected chi connectivity index (χ4v) is 3.86. The normalized spacial score (nSPS) is 18.4. The van der Waals surface area contributed by atoms with E-state index < -0.39 is 0 Å². The van der Waals surface area contributed by atoms with Crippen LogP contribution in [0.25, 0.3) is 0 Å². The molecule has 0 radical (unpaired) electrons. The lowest BCUT2D eigenvalue weighted by molar-refractivity contribution is -0.125. The molecule has 136 valence electrons. The molecule has 0 heterocycles. The van der Waals surface area contributed by atoms with E-state index in [1.807, 2.05) is 24.3 Å². The van der Waals surface area contributed by atoms with Gasteiger partial charge in [0, 0.05) is 35.3 Å². The highest BCUT2D eigenvalue weighted by atomic mass is 35.5.